The van der Waals surface area contributed by atoms with Gasteiger partial charge in [-0.25, -0.2) is 4.98 Å². The Balaban J connectivity index is 1.71. The van der Waals surface area contributed by atoms with Gasteiger partial charge in [0.1, 0.15) is 5.82 Å². The maximum atomic E-state index is 6.12. The van der Waals surface area contributed by atoms with Crippen LogP contribution in [0.4, 0.5) is 0 Å². The highest BCUT2D eigenvalue weighted by Gasteiger charge is 2.39. The van der Waals surface area contributed by atoms with E-state index in [2.05, 4.69) is 29.7 Å². The van der Waals surface area contributed by atoms with Gasteiger partial charge in [0.2, 0.25) is 0 Å². The van der Waals surface area contributed by atoms with Crippen LogP contribution in [-0.2, 0) is 12.4 Å². The number of rotatable bonds is 3. The number of imidazole rings is 1. The van der Waals surface area contributed by atoms with Crippen molar-refractivity contribution in [3.63, 3.8) is 0 Å². The molecular formula is C17H21ClN2. The fourth-order valence-electron chi connectivity index (χ4n) is 4.43. The molecule has 2 bridgehead atoms. The zero-order valence-corrected chi connectivity index (χ0v) is 12.7. The van der Waals surface area contributed by atoms with Gasteiger partial charge >= 0.3 is 0 Å². The Bertz CT molecular complexity index is 646. The molecule has 2 aliphatic carbocycles. The molecule has 0 amide bonds. The number of aryl methyl sites for hydroxylation is 1. The normalized spacial score (nSPS) is 28.6. The molecule has 0 aliphatic heterocycles. The fraction of sp³-hybridized carbons (Fsp3) is 0.588. The van der Waals surface area contributed by atoms with Crippen LogP contribution in [0.5, 0.6) is 0 Å². The molecule has 3 atom stereocenters. The Morgan fingerprint density at radius 2 is 2.20 bits per heavy atom. The van der Waals surface area contributed by atoms with E-state index >= 15 is 0 Å². The molecule has 0 spiro atoms. The van der Waals surface area contributed by atoms with Gasteiger partial charge in [-0.2, -0.15) is 0 Å². The Kier molecular flexibility index (Phi) is 3.03. The number of hydrogen-bond acceptors (Lipinski definition) is 1. The maximum Gasteiger partial charge on any atom is 0.124 e. The number of fused-ring (bicyclic) bond motifs is 3. The summed E-state index contributed by atoms with van der Waals surface area (Å²) in [6.07, 6.45) is 5.79. The third kappa shape index (κ3) is 1.96. The number of alkyl halides is 1. The topological polar surface area (TPSA) is 17.8 Å². The molecule has 20 heavy (non-hydrogen) atoms. The van der Waals surface area contributed by atoms with Crippen LogP contribution >= 0.6 is 11.6 Å². The number of hydrogen-bond donors (Lipinski definition) is 0. The molecule has 2 aliphatic rings. The summed E-state index contributed by atoms with van der Waals surface area (Å²) >= 11 is 6.12. The summed E-state index contributed by atoms with van der Waals surface area (Å²) in [5.41, 5.74) is 3.63. The first kappa shape index (κ1) is 12.7. The molecule has 0 saturated heterocycles. The van der Waals surface area contributed by atoms with Crippen molar-refractivity contribution in [3.8, 4) is 0 Å². The van der Waals surface area contributed by atoms with E-state index in [9.17, 15) is 0 Å². The minimum atomic E-state index is 0.508. The molecule has 2 nitrogen and oxygen atoms in total. The average molecular weight is 289 g/mol. The lowest BCUT2D eigenvalue weighted by molar-refractivity contribution is 0.296. The van der Waals surface area contributed by atoms with Crippen LogP contribution in [0.15, 0.2) is 18.2 Å². The molecule has 2 saturated carbocycles. The highest BCUT2D eigenvalue weighted by Crippen LogP contribution is 2.49. The van der Waals surface area contributed by atoms with Crippen LogP contribution in [0, 0.1) is 24.7 Å². The lowest BCUT2D eigenvalue weighted by Gasteiger charge is -2.23. The van der Waals surface area contributed by atoms with Gasteiger partial charge in [-0.1, -0.05) is 12.5 Å². The predicted molar refractivity (Wildman–Crippen MR) is 83.0 cm³/mol. The van der Waals surface area contributed by atoms with E-state index in [-0.39, 0.29) is 0 Å². The van der Waals surface area contributed by atoms with E-state index in [1.807, 2.05) is 0 Å². The quantitative estimate of drug-likeness (QED) is 0.759. The van der Waals surface area contributed by atoms with E-state index in [0.29, 0.717) is 5.88 Å². The second-order valence-corrected chi connectivity index (χ2v) is 6.97. The van der Waals surface area contributed by atoms with Crippen molar-refractivity contribution in [2.75, 3.05) is 0 Å². The third-order valence-corrected chi connectivity index (χ3v) is 5.64. The van der Waals surface area contributed by atoms with Crippen molar-refractivity contribution < 1.29 is 0 Å². The van der Waals surface area contributed by atoms with Gasteiger partial charge in [0, 0.05) is 6.54 Å². The lowest BCUT2D eigenvalue weighted by atomic mass is 9.89. The highest BCUT2D eigenvalue weighted by molar-refractivity contribution is 6.16. The summed E-state index contributed by atoms with van der Waals surface area (Å²) < 4.78 is 2.38. The number of aromatic nitrogens is 2. The monoisotopic (exact) mass is 288 g/mol. The fourth-order valence-corrected chi connectivity index (χ4v) is 4.63. The largest absolute Gasteiger partial charge is 0.327 e. The van der Waals surface area contributed by atoms with Gasteiger partial charge in [0.05, 0.1) is 16.9 Å². The van der Waals surface area contributed by atoms with Gasteiger partial charge in [-0.15, -0.1) is 11.6 Å². The first-order valence-electron chi connectivity index (χ1n) is 7.76. The van der Waals surface area contributed by atoms with Crippen molar-refractivity contribution in [2.24, 2.45) is 17.8 Å². The van der Waals surface area contributed by atoms with Crippen LogP contribution < -0.4 is 0 Å². The minimum Gasteiger partial charge on any atom is -0.327 e. The molecule has 2 aromatic rings. The Labute approximate surface area is 125 Å². The van der Waals surface area contributed by atoms with Crippen molar-refractivity contribution in [1.29, 1.82) is 0 Å². The molecule has 0 radical (unpaired) electrons. The number of benzene rings is 1. The smallest absolute Gasteiger partial charge is 0.124 e. The van der Waals surface area contributed by atoms with Crippen molar-refractivity contribution in [2.45, 2.75) is 45.0 Å². The average Bonchev–Trinajstić information content (AvgIpc) is 3.12. The standard InChI is InChI=1S/C17H21ClN2/c1-11-2-5-16-15(6-11)19-17(9-18)20(16)10-14-8-12-3-4-13(14)7-12/h2,5-6,12-14H,3-4,7-10H2,1H3. The Hall–Kier alpha value is -1.02. The molecule has 2 fully saturated rings. The van der Waals surface area contributed by atoms with Crippen LogP contribution in [0.2, 0.25) is 0 Å². The SMILES string of the molecule is Cc1ccc2c(c1)nc(CCl)n2CC1CC2CCC1C2. The summed E-state index contributed by atoms with van der Waals surface area (Å²) in [5.74, 6) is 4.34. The van der Waals surface area contributed by atoms with Crippen LogP contribution in [0.25, 0.3) is 11.0 Å². The molecule has 4 rings (SSSR count). The van der Waals surface area contributed by atoms with Gasteiger partial charge in [0.15, 0.2) is 0 Å². The summed E-state index contributed by atoms with van der Waals surface area (Å²) in [6.45, 7) is 3.23. The number of nitrogens with zero attached hydrogens (tertiary/aromatic N) is 2. The minimum absolute atomic E-state index is 0.508. The molecule has 1 heterocycles. The van der Waals surface area contributed by atoms with Crippen LogP contribution in [0.3, 0.4) is 0 Å². The van der Waals surface area contributed by atoms with Gasteiger partial charge < -0.3 is 4.57 Å². The van der Waals surface area contributed by atoms with Crippen molar-refractivity contribution in [1.82, 2.24) is 9.55 Å². The van der Waals surface area contributed by atoms with E-state index < -0.39 is 0 Å². The summed E-state index contributed by atoms with van der Waals surface area (Å²) in [7, 11) is 0. The molecule has 1 aromatic heterocycles. The Morgan fingerprint density at radius 3 is 2.90 bits per heavy atom. The van der Waals surface area contributed by atoms with E-state index in [4.69, 9.17) is 16.6 Å². The van der Waals surface area contributed by atoms with Crippen molar-refractivity contribution in [3.05, 3.63) is 29.6 Å². The van der Waals surface area contributed by atoms with Crippen molar-refractivity contribution >= 4 is 22.6 Å². The highest BCUT2D eigenvalue weighted by atomic mass is 35.5. The molecule has 3 unspecified atom stereocenters. The zero-order valence-electron chi connectivity index (χ0n) is 12.0. The molecule has 106 valence electrons. The first-order chi connectivity index (χ1) is 9.74. The summed E-state index contributed by atoms with van der Waals surface area (Å²) in [4.78, 5) is 4.73. The zero-order chi connectivity index (χ0) is 13.7. The van der Waals surface area contributed by atoms with Gasteiger partial charge in [-0.05, 0) is 61.6 Å². The molecule has 1 aromatic carbocycles. The van der Waals surface area contributed by atoms with Gasteiger partial charge in [-0.3, -0.25) is 0 Å². The third-order valence-electron chi connectivity index (χ3n) is 5.40. The second kappa shape index (κ2) is 4.77. The van der Waals surface area contributed by atoms with E-state index in [1.54, 1.807) is 0 Å². The second-order valence-electron chi connectivity index (χ2n) is 6.70. The van der Waals surface area contributed by atoms with Crippen LogP contribution in [-0.4, -0.2) is 9.55 Å². The van der Waals surface area contributed by atoms with E-state index in [1.165, 1.54) is 36.8 Å². The predicted octanol–water partition coefficient (Wildman–Crippen LogP) is 4.52. The first-order valence-corrected chi connectivity index (χ1v) is 8.30. The van der Waals surface area contributed by atoms with Crippen LogP contribution in [0.1, 0.15) is 37.1 Å². The van der Waals surface area contributed by atoms with Gasteiger partial charge in [0.25, 0.3) is 0 Å². The molecular weight excluding hydrogens is 268 g/mol. The summed E-state index contributed by atoms with van der Waals surface area (Å²) in [6, 6.07) is 6.56. The molecule has 3 heteroatoms. The van der Waals surface area contributed by atoms with E-state index in [0.717, 1.165) is 35.6 Å². The Morgan fingerprint density at radius 1 is 1.30 bits per heavy atom. The summed E-state index contributed by atoms with van der Waals surface area (Å²) in [5, 5.41) is 0. The maximum absolute atomic E-state index is 6.12. The number of halogens is 1. The molecule has 0 N–H and O–H groups in total. The lowest BCUT2D eigenvalue weighted by Crippen LogP contribution is -2.18.